The molecule has 5 aliphatic rings. The number of esters is 1. The number of allylic oxidation sites excluding steroid dienone is 6. The molecule has 1 amide bonds. The number of ether oxygens (including phenoxy) is 8. The molecule has 19 atom stereocenters. The topological polar surface area (TPSA) is 301 Å². The van der Waals surface area contributed by atoms with Crippen molar-refractivity contribution in [2.75, 3.05) is 41.1 Å². The zero-order valence-electron chi connectivity index (χ0n) is 47.7. The summed E-state index contributed by atoms with van der Waals surface area (Å²) in [5.41, 5.74) is 0.954. The second-order valence-corrected chi connectivity index (χ2v) is 22.8. The molecule has 21 heteroatoms. The molecule has 4 fully saturated rings. The van der Waals surface area contributed by atoms with Crippen LogP contribution in [0.5, 0.6) is 0 Å². The van der Waals surface area contributed by atoms with Gasteiger partial charge < -0.3 is 73.4 Å². The van der Waals surface area contributed by atoms with Gasteiger partial charge in [0.15, 0.2) is 24.1 Å². The fraction of sp³-hybridized carbons (Fsp3) is 0.759. The van der Waals surface area contributed by atoms with Crippen LogP contribution in [0.3, 0.4) is 0 Å². The zero-order chi connectivity index (χ0) is 58.5. The standard InChI is InChI=1S/C58H89NO20/c1-32-16-12-11-13-17-33(2)45(72-8)28-40-21-19-38(7)58(71,78-40)53(67)54(68)59-23-15-14-18-41(59)55(69)76-46(35(4)26-39-20-22-42(61)47(27-39)73-9)29-43(62)34(3)25-37(6)50(51(74-10)48(64)36(5)24-32)77-56(70)79-57(31-60)52(66)49(65)44(63)30-75-57/h11-13,16-17,25,32,34-36,38-42,44-47,49-52,60-61,63,65-66,71H,14-15,18-24,26-31H2,1-10H3/b13-11+,16-12+,33-17+,37-25+/t32-,34-,35-,36-,38-,39?,40+,41?,42-,44+,45+,46+,47-,49+,50-,51+,52-,57?,58-/m1/s1. The molecule has 0 radical (unpaired) electrons. The Bertz CT molecular complexity index is 2210. The number of cyclic esters (lactones) is 1. The molecule has 0 aromatic rings. The van der Waals surface area contributed by atoms with E-state index in [0.717, 1.165) is 10.5 Å². The quantitative estimate of drug-likeness (QED) is 0.107. The normalized spacial score (nSPS) is 41.1. The van der Waals surface area contributed by atoms with Crippen LogP contribution in [0.4, 0.5) is 4.79 Å². The van der Waals surface area contributed by atoms with Gasteiger partial charge >= 0.3 is 12.1 Å². The smallest absolute Gasteiger partial charge is 0.460 e. The molecule has 3 saturated heterocycles. The van der Waals surface area contributed by atoms with Crippen LogP contribution in [0, 0.1) is 35.5 Å². The van der Waals surface area contributed by atoms with Gasteiger partial charge in [-0.1, -0.05) is 71.1 Å². The second kappa shape index (κ2) is 29.6. The molecule has 446 valence electrons. The molecule has 3 unspecified atom stereocenters. The zero-order valence-corrected chi connectivity index (χ0v) is 47.7. The van der Waals surface area contributed by atoms with Crippen LogP contribution < -0.4 is 0 Å². The van der Waals surface area contributed by atoms with Crippen molar-refractivity contribution in [3.63, 3.8) is 0 Å². The van der Waals surface area contributed by atoms with Crippen LogP contribution in [0.15, 0.2) is 47.6 Å². The number of hydrogen-bond acceptors (Lipinski definition) is 20. The molecule has 4 heterocycles. The molecule has 1 aliphatic carbocycles. The minimum Gasteiger partial charge on any atom is -0.460 e. The summed E-state index contributed by atoms with van der Waals surface area (Å²) in [4.78, 5) is 87.4. The highest BCUT2D eigenvalue weighted by atomic mass is 16.8. The van der Waals surface area contributed by atoms with Crippen molar-refractivity contribution < 1.29 is 97.3 Å². The Morgan fingerprint density at radius 3 is 2.23 bits per heavy atom. The minimum atomic E-state index is -2.58. The molecular weight excluding hydrogens is 1030 g/mol. The molecule has 21 nitrogen and oxygen atoms in total. The van der Waals surface area contributed by atoms with Gasteiger partial charge in [-0.05, 0) is 107 Å². The largest absolute Gasteiger partial charge is 0.511 e. The lowest BCUT2D eigenvalue weighted by atomic mass is 9.78. The number of methoxy groups -OCH3 is 3. The molecule has 4 aliphatic heterocycles. The molecule has 2 bridgehead atoms. The van der Waals surface area contributed by atoms with E-state index in [-0.39, 0.29) is 43.2 Å². The fourth-order valence-electron chi connectivity index (χ4n) is 11.7. The monoisotopic (exact) mass is 1120 g/mol. The van der Waals surface area contributed by atoms with Crippen LogP contribution in [-0.2, 0) is 61.9 Å². The van der Waals surface area contributed by atoms with Crippen molar-refractivity contribution in [3.8, 4) is 0 Å². The first-order valence-corrected chi connectivity index (χ1v) is 28.0. The summed E-state index contributed by atoms with van der Waals surface area (Å²) in [6.07, 6.45) is 1.29. The van der Waals surface area contributed by atoms with E-state index in [0.29, 0.717) is 57.8 Å². The maximum absolute atomic E-state index is 14.6. The first kappa shape index (κ1) is 65.5. The average molecular weight is 1120 g/mol. The number of nitrogens with zero attached hydrogens (tertiary/aromatic N) is 1. The molecule has 5 rings (SSSR count). The Hall–Kier alpha value is -4.26. The van der Waals surface area contributed by atoms with Gasteiger partial charge in [0.2, 0.25) is 5.79 Å². The van der Waals surface area contributed by atoms with Crippen molar-refractivity contribution in [1.82, 2.24) is 4.90 Å². The number of aliphatic hydroxyl groups excluding tert-OH is 5. The molecule has 79 heavy (non-hydrogen) atoms. The van der Waals surface area contributed by atoms with E-state index in [1.807, 2.05) is 45.1 Å². The number of carbonyl (C=O) groups excluding carboxylic acids is 6. The summed E-state index contributed by atoms with van der Waals surface area (Å²) < 4.78 is 46.2. The third-order valence-electron chi connectivity index (χ3n) is 16.8. The van der Waals surface area contributed by atoms with Crippen molar-refractivity contribution in [1.29, 1.82) is 0 Å². The number of carbonyl (C=O) groups is 6. The highest BCUT2D eigenvalue weighted by molar-refractivity contribution is 6.39. The van der Waals surface area contributed by atoms with Gasteiger partial charge in [0, 0.05) is 58.5 Å². The van der Waals surface area contributed by atoms with Crippen LogP contribution in [0.1, 0.15) is 126 Å². The van der Waals surface area contributed by atoms with Gasteiger partial charge in [-0.3, -0.25) is 19.2 Å². The molecule has 6 N–H and O–H groups in total. The first-order valence-electron chi connectivity index (χ1n) is 28.0. The predicted molar refractivity (Wildman–Crippen MR) is 284 cm³/mol. The lowest BCUT2D eigenvalue weighted by Crippen LogP contribution is -2.64. The molecule has 1 saturated carbocycles. The Balaban J connectivity index is 1.55. The average Bonchev–Trinajstić information content (AvgIpc) is 3.43. The van der Waals surface area contributed by atoms with E-state index in [1.165, 1.54) is 34.3 Å². The van der Waals surface area contributed by atoms with Crippen molar-refractivity contribution in [3.05, 3.63) is 47.6 Å². The number of piperidine rings is 1. The van der Waals surface area contributed by atoms with Crippen LogP contribution in [-0.4, -0.2) is 191 Å². The Kier molecular flexibility index (Phi) is 24.6. The summed E-state index contributed by atoms with van der Waals surface area (Å²) in [5, 5.41) is 64.2. The summed E-state index contributed by atoms with van der Waals surface area (Å²) in [5.74, 6) is -12.3. The van der Waals surface area contributed by atoms with E-state index in [9.17, 15) is 59.4 Å². The lowest BCUT2D eigenvalue weighted by molar-refractivity contribution is -0.333. The fourth-order valence-corrected chi connectivity index (χ4v) is 11.7. The van der Waals surface area contributed by atoms with Crippen LogP contribution in [0.2, 0.25) is 0 Å². The van der Waals surface area contributed by atoms with E-state index in [1.54, 1.807) is 26.8 Å². The number of fused-ring (bicyclic) bond motifs is 3. The highest BCUT2D eigenvalue weighted by Crippen LogP contribution is 2.38. The predicted octanol–water partition coefficient (Wildman–Crippen LogP) is 4.14. The molecule has 0 aromatic carbocycles. The lowest BCUT2D eigenvalue weighted by Gasteiger charge is -2.42. The SMILES string of the molecule is CO[C@H]1C[C@@H]2CC[C@@H](C)[C@@](O)(O2)C(=O)C(=O)N2CCCCC2C(=O)O[C@H]([C@H](C)CC2CC[C@@H](O)[C@H](OC)C2)CC(=O)[C@H](C)/C=C(\C)[C@@H](OC(=O)OC2(CO)OC[C@H](O)[C@H](O)[C@H]2O)[C@@H](OC)C(=O)[C@H](C)C[C@H](C)/C=C/C=C/C=C/1C. The van der Waals surface area contributed by atoms with E-state index >= 15 is 0 Å². The Morgan fingerprint density at radius 1 is 0.835 bits per heavy atom. The maximum atomic E-state index is 14.6. The summed E-state index contributed by atoms with van der Waals surface area (Å²) >= 11 is 0. The Labute approximate surface area is 464 Å². The number of aliphatic hydroxyl groups is 6. The molecular formula is C58H89NO20. The van der Waals surface area contributed by atoms with Gasteiger partial charge in [0.25, 0.3) is 17.5 Å². The summed E-state index contributed by atoms with van der Waals surface area (Å²) in [6, 6.07) is -1.25. The molecule has 0 aromatic heterocycles. The van der Waals surface area contributed by atoms with Gasteiger partial charge in [-0.2, -0.15) is 0 Å². The summed E-state index contributed by atoms with van der Waals surface area (Å²) in [7, 11) is 4.30. The number of hydrogen-bond donors (Lipinski definition) is 6. The van der Waals surface area contributed by atoms with Crippen molar-refractivity contribution >= 4 is 35.4 Å². The van der Waals surface area contributed by atoms with E-state index in [4.69, 9.17) is 37.9 Å². The third-order valence-corrected chi connectivity index (χ3v) is 16.8. The van der Waals surface area contributed by atoms with Gasteiger partial charge in [0.05, 0.1) is 31.0 Å². The van der Waals surface area contributed by atoms with Gasteiger partial charge in [-0.15, -0.1) is 0 Å². The van der Waals surface area contributed by atoms with Crippen molar-refractivity contribution in [2.24, 2.45) is 35.5 Å². The van der Waals surface area contributed by atoms with Crippen LogP contribution >= 0.6 is 0 Å². The van der Waals surface area contributed by atoms with E-state index < -0.39 is 151 Å². The number of rotatable bonds is 9. The number of ketones is 3. The highest BCUT2D eigenvalue weighted by Gasteiger charge is 2.55. The Morgan fingerprint density at radius 2 is 1.56 bits per heavy atom. The van der Waals surface area contributed by atoms with E-state index in [2.05, 4.69) is 0 Å². The van der Waals surface area contributed by atoms with Crippen molar-refractivity contribution in [2.45, 2.75) is 204 Å². The summed E-state index contributed by atoms with van der Waals surface area (Å²) in [6.45, 7) is 10.2. The third kappa shape index (κ3) is 16.5. The number of Topliss-reactive ketones (excluding diaryl/α,β-unsaturated/α-hetero) is 3. The second-order valence-electron chi connectivity index (χ2n) is 22.8. The van der Waals surface area contributed by atoms with Gasteiger partial charge in [-0.25, -0.2) is 9.59 Å². The minimum absolute atomic E-state index is 0.00991. The van der Waals surface area contributed by atoms with Gasteiger partial charge in [0.1, 0.15) is 36.7 Å². The number of amides is 1. The van der Waals surface area contributed by atoms with Crippen LogP contribution in [0.25, 0.3) is 0 Å². The molecule has 0 spiro atoms. The first-order chi connectivity index (χ1) is 37.3. The maximum Gasteiger partial charge on any atom is 0.511 e.